The van der Waals surface area contributed by atoms with E-state index < -0.39 is 0 Å². The predicted molar refractivity (Wildman–Crippen MR) is 85.1 cm³/mol. The van der Waals surface area contributed by atoms with Gasteiger partial charge in [-0.2, -0.15) is 0 Å². The molecular formula is C12H7Cl5N2O. The number of aliphatic hydroxyl groups is 1. The van der Waals surface area contributed by atoms with E-state index in [9.17, 15) is 5.11 Å². The Bertz CT molecular complexity index is 661. The number of nitrogens with zero attached hydrogens (tertiary/aromatic N) is 1. The second-order valence-electron chi connectivity index (χ2n) is 3.88. The van der Waals surface area contributed by atoms with Crippen molar-refractivity contribution in [2.45, 2.75) is 6.61 Å². The molecule has 2 rings (SSSR count). The van der Waals surface area contributed by atoms with Gasteiger partial charge in [-0.05, 0) is 6.07 Å². The molecular weight excluding hydrogens is 365 g/mol. The average molecular weight is 372 g/mol. The van der Waals surface area contributed by atoms with Gasteiger partial charge in [0.15, 0.2) is 0 Å². The minimum Gasteiger partial charge on any atom is -0.397 e. The molecule has 2 aromatic rings. The van der Waals surface area contributed by atoms with Gasteiger partial charge >= 0.3 is 0 Å². The van der Waals surface area contributed by atoms with Gasteiger partial charge in [0.05, 0.1) is 49.3 Å². The highest BCUT2D eigenvalue weighted by molar-refractivity contribution is 6.56. The van der Waals surface area contributed by atoms with Crippen LogP contribution < -0.4 is 5.73 Å². The van der Waals surface area contributed by atoms with Gasteiger partial charge in [-0.3, -0.25) is 4.98 Å². The Morgan fingerprint density at radius 2 is 1.45 bits per heavy atom. The quantitative estimate of drug-likeness (QED) is 0.570. The summed E-state index contributed by atoms with van der Waals surface area (Å²) in [6, 6.07) is 1.56. The lowest BCUT2D eigenvalue weighted by Crippen LogP contribution is -1.98. The summed E-state index contributed by atoms with van der Waals surface area (Å²) in [5.74, 6) is 0. The highest BCUT2D eigenvalue weighted by atomic mass is 35.5. The maximum Gasteiger partial charge on any atom is 0.0809 e. The van der Waals surface area contributed by atoms with E-state index in [4.69, 9.17) is 63.7 Å². The Hall–Kier alpha value is -0.420. The maximum atomic E-state index is 9.41. The third-order valence-corrected chi connectivity index (χ3v) is 4.88. The molecule has 3 nitrogen and oxygen atoms in total. The molecule has 1 aromatic heterocycles. The van der Waals surface area contributed by atoms with E-state index in [0.717, 1.165) is 0 Å². The van der Waals surface area contributed by atoms with Crippen LogP contribution in [-0.2, 0) is 6.61 Å². The number of halogens is 5. The zero-order valence-electron chi connectivity index (χ0n) is 9.72. The van der Waals surface area contributed by atoms with Crippen molar-refractivity contribution in [3.63, 3.8) is 0 Å². The monoisotopic (exact) mass is 370 g/mol. The molecule has 106 valence electrons. The van der Waals surface area contributed by atoms with Gasteiger partial charge in [0.1, 0.15) is 0 Å². The number of aliphatic hydroxyl groups excluding tert-OH is 1. The fourth-order valence-electron chi connectivity index (χ4n) is 1.69. The van der Waals surface area contributed by atoms with Crippen LogP contribution in [0.2, 0.25) is 25.1 Å². The van der Waals surface area contributed by atoms with E-state index in [2.05, 4.69) is 4.98 Å². The Balaban J connectivity index is 2.83. The number of anilines is 1. The molecule has 0 bridgehead atoms. The molecule has 1 aromatic carbocycles. The van der Waals surface area contributed by atoms with E-state index in [1.165, 1.54) is 6.20 Å². The molecule has 0 saturated heterocycles. The largest absolute Gasteiger partial charge is 0.397 e. The van der Waals surface area contributed by atoms with Crippen molar-refractivity contribution in [1.82, 2.24) is 4.98 Å². The number of nitrogens with two attached hydrogens (primary N) is 1. The first-order chi connectivity index (χ1) is 9.38. The first-order valence-electron chi connectivity index (χ1n) is 5.25. The molecule has 1 heterocycles. The van der Waals surface area contributed by atoms with Crippen molar-refractivity contribution >= 4 is 63.7 Å². The summed E-state index contributed by atoms with van der Waals surface area (Å²) in [6.07, 6.45) is 1.41. The third kappa shape index (κ3) is 2.67. The second kappa shape index (κ2) is 6.14. The highest BCUT2D eigenvalue weighted by Gasteiger charge is 2.22. The summed E-state index contributed by atoms with van der Waals surface area (Å²) in [6.45, 7) is -0.294. The van der Waals surface area contributed by atoms with E-state index in [0.29, 0.717) is 22.5 Å². The molecule has 0 aliphatic rings. The van der Waals surface area contributed by atoms with E-state index in [1.807, 2.05) is 0 Å². The molecule has 0 fully saturated rings. The van der Waals surface area contributed by atoms with Crippen molar-refractivity contribution in [3.8, 4) is 11.3 Å². The van der Waals surface area contributed by atoms with Crippen LogP contribution >= 0.6 is 58.0 Å². The van der Waals surface area contributed by atoms with Crippen LogP contribution in [0.3, 0.4) is 0 Å². The molecule has 0 unspecified atom stereocenters. The highest BCUT2D eigenvalue weighted by Crippen LogP contribution is 2.48. The average Bonchev–Trinajstić information content (AvgIpc) is 2.44. The maximum absolute atomic E-state index is 9.41. The number of hydrogen-bond donors (Lipinski definition) is 2. The van der Waals surface area contributed by atoms with Gasteiger partial charge in [0.25, 0.3) is 0 Å². The topological polar surface area (TPSA) is 59.1 Å². The van der Waals surface area contributed by atoms with Crippen molar-refractivity contribution in [2.75, 3.05) is 5.73 Å². The number of rotatable bonds is 2. The minimum absolute atomic E-state index is 0.0630. The van der Waals surface area contributed by atoms with Gasteiger partial charge < -0.3 is 10.8 Å². The number of aromatic nitrogens is 1. The normalized spacial score (nSPS) is 10.9. The Morgan fingerprint density at radius 1 is 0.950 bits per heavy atom. The van der Waals surface area contributed by atoms with E-state index in [-0.39, 0.29) is 31.7 Å². The summed E-state index contributed by atoms with van der Waals surface area (Å²) in [4.78, 5) is 4.14. The van der Waals surface area contributed by atoms with Crippen LogP contribution in [0.5, 0.6) is 0 Å². The molecule has 0 amide bonds. The van der Waals surface area contributed by atoms with Crippen molar-refractivity contribution in [2.24, 2.45) is 0 Å². The standard InChI is InChI=1S/C12H7Cl5N2O/c13-7-6(8(14)10(16)11(17)9(7)15)12-4(3-20)1-5(18)2-19-12/h1-2,20H,3,18H2. The first-order valence-corrected chi connectivity index (χ1v) is 7.14. The van der Waals surface area contributed by atoms with Crippen molar-refractivity contribution < 1.29 is 5.11 Å². The lowest BCUT2D eigenvalue weighted by molar-refractivity contribution is 0.282. The lowest BCUT2D eigenvalue weighted by Gasteiger charge is -2.14. The fourth-order valence-corrected chi connectivity index (χ4v) is 3.00. The van der Waals surface area contributed by atoms with Gasteiger partial charge in [-0.15, -0.1) is 0 Å². The molecule has 0 spiro atoms. The molecule has 0 saturated carbocycles. The molecule has 0 aliphatic carbocycles. The Labute approximate surface area is 140 Å². The van der Waals surface area contributed by atoms with Crippen molar-refractivity contribution in [3.05, 3.63) is 42.9 Å². The SMILES string of the molecule is Nc1cnc(-c2c(Cl)c(Cl)c(Cl)c(Cl)c2Cl)c(CO)c1. The molecule has 0 aliphatic heterocycles. The van der Waals surface area contributed by atoms with Crippen LogP contribution in [-0.4, -0.2) is 10.1 Å². The minimum atomic E-state index is -0.294. The lowest BCUT2D eigenvalue weighted by atomic mass is 10.1. The molecule has 20 heavy (non-hydrogen) atoms. The van der Waals surface area contributed by atoms with Crippen LogP contribution in [0, 0.1) is 0 Å². The Morgan fingerprint density at radius 3 is 1.95 bits per heavy atom. The molecule has 8 heteroatoms. The van der Waals surface area contributed by atoms with Crippen LogP contribution in [0.15, 0.2) is 12.3 Å². The van der Waals surface area contributed by atoms with Crippen LogP contribution in [0.25, 0.3) is 11.3 Å². The fraction of sp³-hybridized carbons (Fsp3) is 0.0833. The number of hydrogen-bond acceptors (Lipinski definition) is 3. The smallest absolute Gasteiger partial charge is 0.0809 e. The van der Waals surface area contributed by atoms with Crippen LogP contribution in [0.1, 0.15) is 5.56 Å². The molecule has 0 atom stereocenters. The first kappa shape index (κ1) is 16.0. The van der Waals surface area contributed by atoms with Gasteiger partial charge in [0, 0.05) is 11.1 Å². The van der Waals surface area contributed by atoms with Crippen LogP contribution in [0.4, 0.5) is 5.69 Å². The van der Waals surface area contributed by atoms with E-state index >= 15 is 0 Å². The van der Waals surface area contributed by atoms with Gasteiger partial charge in [0.2, 0.25) is 0 Å². The molecule has 0 radical (unpaired) electrons. The van der Waals surface area contributed by atoms with Crippen molar-refractivity contribution in [1.29, 1.82) is 0 Å². The number of nitrogen functional groups attached to an aromatic ring is 1. The number of benzene rings is 1. The summed E-state index contributed by atoms with van der Waals surface area (Å²) in [7, 11) is 0. The predicted octanol–water partition coefficient (Wildman–Crippen LogP) is 5.09. The number of pyridine rings is 1. The Kier molecular flexibility index (Phi) is 4.90. The molecule has 3 N–H and O–H groups in total. The zero-order chi connectivity index (χ0) is 15.0. The summed E-state index contributed by atoms with van der Waals surface area (Å²) < 4.78 is 0. The van der Waals surface area contributed by atoms with E-state index in [1.54, 1.807) is 6.07 Å². The van der Waals surface area contributed by atoms with Gasteiger partial charge in [-0.1, -0.05) is 58.0 Å². The second-order valence-corrected chi connectivity index (χ2v) is 5.77. The summed E-state index contributed by atoms with van der Waals surface area (Å²) in [5, 5.41) is 9.83. The zero-order valence-corrected chi connectivity index (χ0v) is 13.5. The summed E-state index contributed by atoms with van der Waals surface area (Å²) >= 11 is 30.3. The summed E-state index contributed by atoms with van der Waals surface area (Å²) in [5.41, 5.74) is 7.12. The van der Waals surface area contributed by atoms with Gasteiger partial charge in [-0.25, -0.2) is 0 Å². The third-order valence-electron chi connectivity index (χ3n) is 2.60.